The number of allylic oxidation sites excluding steroid dienone is 2. The predicted octanol–water partition coefficient (Wildman–Crippen LogP) is 1.31. The van der Waals surface area contributed by atoms with Crippen molar-refractivity contribution in [3.63, 3.8) is 0 Å². The molecule has 5 heteroatoms. The third-order valence-corrected chi connectivity index (χ3v) is 4.90. The molecule has 0 atom stereocenters. The number of rotatable bonds is 22. The zero-order valence-electron chi connectivity index (χ0n) is 18.4. The van der Waals surface area contributed by atoms with E-state index in [-0.39, 0.29) is 19.0 Å². The van der Waals surface area contributed by atoms with Gasteiger partial charge in [-0.25, -0.2) is 0 Å². The van der Waals surface area contributed by atoms with Crippen molar-refractivity contribution in [2.75, 3.05) is 26.3 Å². The van der Waals surface area contributed by atoms with Crippen molar-refractivity contribution in [2.45, 2.75) is 110 Å². The summed E-state index contributed by atoms with van der Waals surface area (Å²) in [4.78, 5) is 0. The lowest BCUT2D eigenvalue weighted by atomic mass is 10.1. The minimum atomic E-state index is -1.34. The van der Waals surface area contributed by atoms with Gasteiger partial charge in [0.05, 0.1) is 26.3 Å². The van der Waals surface area contributed by atoms with Gasteiger partial charge in [-0.05, 0) is 38.5 Å². The first-order chi connectivity index (χ1) is 13.3. The lowest BCUT2D eigenvalue weighted by molar-refractivity contribution is -0.656. The van der Waals surface area contributed by atoms with E-state index in [0.29, 0.717) is 6.61 Å². The van der Waals surface area contributed by atoms with Crippen LogP contribution in [0.3, 0.4) is 0 Å². The minimum Gasteiger partial charge on any atom is -1.00 e. The highest BCUT2D eigenvalue weighted by atomic mass is 35.5. The molecule has 0 aromatic carbocycles. The first kappa shape index (κ1) is 30.1. The molecule has 0 aromatic rings. The zero-order chi connectivity index (χ0) is 19.8. The topological polar surface area (TPSA) is 66.3 Å². The van der Waals surface area contributed by atoms with Crippen molar-refractivity contribution >= 4 is 0 Å². The van der Waals surface area contributed by atoms with Crippen molar-refractivity contribution in [3.05, 3.63) is 12.2 Å². The number of unbranched alkanes of at least 4 members (excludes halogenated alkanes) is 13. The third-order valence-electron chi connectivity index (χ3n) is 4.90. The predicted molar refractivity (Wildman–Crippen MR) is 115 cm³/mol. The summed E-state index contributed by atoms with van der Waals surface area (Å²) in [6.45, 7) is 4.93. The molecule has 0 saturated carbocycles. The number of hydrogen-bond donors (Lipinski definition) is 3. The first-order valence-electron chi connectivity index (χ1n) is 11.7. The minimum absolute atomic E-state index is 0. The van der Waals surface area contributed by atoms with Gasteiger partial charge < -0.3 is 32.7 Å². The Morgan fingerprint density at radius 3 is 1.75 bits per heavy atom. The highest BCUT2D eigenvalue weighted by Gasteiger charge is 1.98. The molecule has 0 rings (SSSR count). The van der Waals surface area contributed by atoms with Gasteiger partial charge in [-0.1, -0.05) is 76.9 Å². The smallest absolute Gasteiger partial charge is 0.175 e. The lowest BCUT2D eigenvalue weighted by Crippen LogP contribution is -3.00. The van der Waals surface area contributed by atoms with Crippen LogP contribution in [0.15, 0.2) is 12.2 Å². The van der Waals surface area contributed by atoms with Crippen molar-refractivity contribution in [1.82, 2.24) is 0 Å². The van der Waals surface area contributed by atoms with E-state index < -0.39 is 6.29 Å². The Morgan fingerprint density at radius 1 is 0.714 bits per heavy atom. The molecular weight excluding hydrogens is 374 g/mol. The lowest BCUT2D eigenvalue weighted by Gasteiger charge is -2.05. The average molecular weight is 422 g/mol. The monoisotopic (exact) mass is 421 g/mol. The van der Waals surface area contributed by atoms with E-state index in [0.717, 1.165) is 13.1 Å². The molecule has 0 bridgehead atoms. The zero-order valence-corrected chi connectivity index (χ0v) is 19.2. The van der Waals surface area contributed by atoms with Crippen LogP contribution in [0.4, 0.5) is 0 Å². The molecule has 0 unspecified atom stereocenters. The summed E-state index contributed by atoms with van der Waals surface area (Å²) >= 11 is 0. The van der Waals surface area contributed by atoms with Crippen LogP contribution in [-0.4, -0.2) is 42.8 Å². The molecule has 0 aliphatic carbocycles. The third kappa shape index (κ3) is 28.1. The molecule has 4 N–H and O–H groups in total. The summed E-state index contributed by atoms with van der Waals surface area (Å²) in [5.41, 5.74) is 0. The highest BCUT2D eigenvalue weighted by Crippen LogP contribution is 2.10. The Morgan fingerprint density at radius 2 is 1.21 bits per heavy atom. The molecule has 28 heavy (non-hydrogen) atoms. The van der Waals surface area contributed by atoms with Crippen LogP contribution in [0, 0.1) is 0 Å². The average Bonchev–Trinajstić information content (AvgIpc) is 2.65. The number of aliphatic hydroxyl groups is 2. The normalized spacial score (nSPS) is 11.4. The first-order valence-corrected chi connectivity index (χ1v) is 11.7. The van der Waals surface area contributed by atoms with Crippen molar-refractivity contribution < 1.29 is 32.7 Å². The van der Waals surface area contributed by atoms with Gasteiger partial charge in [-0.2, -0.15) is 0 Å². The second-order valence-corrected chi connectivity index (χ2v) is 7.71. The van der Waals surface area contributed by atoms with Crippen molar-refractivity contribution in [2.24, 2.45) is 0 Å². The summed E-state index contributed by atoms with van der Waals surface area (Å²) < 4.78 is 5.10. The number of ether oxygens (including phenoxy) is 1. The molecule has 0 heterocycles. The largest absolute Gasteiger partial charge is 1.00 e. The van der Waals surface area contributed by atoms with E-state index in [1.807, 2.05) is 0 Å². The van der Waals surface area contributed by atoms with Gasteiger partial charge in [0.2, 0.25) is 0 Å². The standard InChI is InChI=1S/C23H47NO3.ClH/c1-2-3-4-5-6-7-8-9-10-11-12-13-14-15-16-17-18-19-24-20-21-27-22-23(25)26;/h9-10,23-26H,2-8,11-22H2,1H3;1H/b10-9-;. The molecule has 0 saturated heterocycles. The Labute approximate surface area is 180 Å². The number of halogens is 1. The summed E-state index contributed by atoms with van der Waals surface area (Å²) in [5, 5.41) is 19.5. The second kappa shape index (κ2) is 26.9. The Bertz CT molecular complexity index is 302. The fraction of sp³-hybridized carbons (Fsp3) is 0.913. The van der Waals surface area contributed by atoms with Crippen LogP contribution in [0.2, 0.25) is 0 Å². The molecule has 0 radical (unpaired) electrons. The van der Waals surface area contributed by atoms with E-state index >= 15 is 0 Å². The van der Waals surface area contributed by atoms with Crippen LogP contribution < -0.4 is 17.7 Å². The highest BCUT2D eigenvalue weighted by molar-refractivity contribution is 4.81. The van der Waals surface area contributed by atoms with Crippen LogP contribution in [0.25, 0.3) is 0 Å². The van der Waals surface area contributed by atoms with E-state index in [9.17, 15) is 0 Å². The van der Waals surface area contributed by atoms with Gasteiger partial charge in [0.1, 0.15) is 0 Å². The van der Waals surface area contributed by atoms with Gasteiger partial charge in [0, 0.05) is 0 Å². The van der Waals surface area contributed by atoms with Gasteiger partial charge in [-0.15, -0.1) is 0 Å². The molecule has 0 aliphatic rings. The molecule has 0 aliphatic heterocycles. The molecule has 0 aromatic heterocycles. The second-order valence-electron chi connectivity index (χ2n) is 7.71. The maximum atomic E-state index is 8.63. The van der Waals surface area contributed by atoms with Crippen LogP contribution in [0.5, 0.6) is 0 Å². The summed E-state index contributed by atoms with van der Waals surface area (Å²) in [5.74, 6) is 0. The number of quaternary nitrogens is 1. The summed E-state index contributed by atoms with van der Waals surface area (Å²) in [6, 6.07) is 0. The van der Waals surface area contributed by atoms with Gasteiger partial charge in [0.15, 0.2) is 6.29 Å². The van der Waals surface area contributed by atoms with Gasteiger partial charge in [-0.3, -0.25) is 0 Å². The van der Waals surface area contributed by atoms with Crippen LogP contribution in [-0.2, 0) is 4.74 Å². The van der Waals surface area contributed by atoms with E-state index in [4.69, 9.17) is 14.9 Å². The Hall–Kier alpha value is -0.130. The van der Waals surface area contributed by atoms with E-state index in [2.05, 4.69) is 24.4 Å². The maximum absolute atomic E-state index is 8.63. The van der Waals surface area contributed by atoms with Crippen molar-refractivity contribution in [1.29, 1.82) is 0 Å². The fourth-order valence-corrected chi connectivity index (χ4v) is 3.21. The van der Waals surface area contributed by atoms with Gasteiger partial charge >= 0.3 is 0 Å². The van der Waals surface area contributed by atoms with E-state index in [1.54, 1.807) is 0 Å². The Balaban J connectivity index is 0. The molecule has 0 fully saturated rings. The van der Waals surface area contributed by atoms with Crippen molar-refractivity contribution in [3.8, 4) is 0 Å². The van der Waals surface area contributed by atoms with Crippen LogP contribution in [0.1, 0.15) is 103 Å². The quantitative estimate of drug-likeness (QED) is 0.140. The number of aliphatic hydroxyl groups excluding tert-OH is 1. The molecule has 4 nitrogen and oxygen atoms in total. The maximum Gasteiger partial charge on any atom is 0.175 e. The van der Waals surface area contributed by atoms with E-state index in [1.165, 1.54) is 96.3 Å². The van der Waals surface area contributed by atoms with Gasteiger partial charge in [0.25, 0.3) is 0 Å². The summed E-state index contributed by atoms with van der Waals surface area (Å²) in [7, 11) is 0. The molecule has 170 valence electrons. The Kier molecular flexibility index (Phi) is 28.9. The number of hydrogen-bond acceptors (Lipinski definition) is 3. The molecular formula is C23H48ClNO3. The number of nitrogens with two attached hydrogens (primary N) is 1. The fourth-order valence-electron chi connectivity index (χ4n) is 3.21. The summed E-state index contributed by atoms with van der Waals surface area (Å²) in [6.07, 6.45) is 23.8. The van der Waals surface area contributed by atoms with Crippen LogP contribution >= 0.6 is 0 Å². The molecule has 0 spiro atoms. The SMILES string of the molecule is CCCCCCCC/C=C\CCCCCCCCC[NH2+]CCOCC(O)O.[Cl-]. The molecule has 0 amide bonds.